The first-order valence-corrected chi connectivity index (χ1v) is 19.7. The van der Waals surface area contributed by atoms with Gasteiger partial charge < -0.3 is 13.9 Å². The van der Waals surface area contributed by atoms with Crippen LogP contribution in [0.1, 0.15) is 18.2 Å². The summed E-state index contributed by atoms with van der Waals surface area (Å²) in [5.74, 6) is 0.760. The Balaban J connectivity index is 1.05. The van der Waals surface area contributed by atoms with E-state index in [1.165, 1.54) is 49.6 Å². The predicted octanol–water partition coefficient (Wildman–Crippen LogP) is 15.7. The molecule has 0 aliphatic carbocycles. The lowest BCUT2D eigenvalue weighted by Gasteiger charge is -2.26. The second-order valence-electron chi connectivity index (χ2n) is 14.5. The van der Waals surface area contributed by atoms with E-state index < -0.39 is 0 Å². The molecule has 3 nitrogen and oxygen atoms in total. The zero-order chi connectivity index (χ0) is 39.0. The Bertz CT molecular complexity index is 3100. The topological polar surface area (TPSA) is 21.3 Å². The number of hydrogen-bond donors (Lipinski definition) is 0. The number of nitrogens with zero attached hydrogens (tertiary/aromatic N) is 2. The molecule has 3 heteroatoms. The Morgan fingerprint density at radius 1 is 0.483 bits per heavy atom. The molecule has 2 aromatic heterocycles. The van der Waals surface area contributed by atoms with Gasteiger partial charge in [0.2, 0.25) is 0 Å². The van der Waals surface area contributed by atoms with Gasteiger partial charge in [-0.15, -0.1) is 0 Å². The highest BCUT2D eigenvalue weighted by Crippen LogP contribution is 2.43. The number of rotatable bonds is 9. The highest BCUT2D eigenvalue weighted by molar-refractivity contribution is 6.10. The summed E-state index contributed by atoms with van der Waals surface area (Å²) >= 11 is 0. The van der Waals surface area contributed by atoms with E-state index in [2.05, 4.69) is 216 Å². The smallest absolute Gasteiger partial charge is 0.159 e. The van der Waals surface area contributed by atoms with Gasteiger partial charge in [-0.3, -0.25) is 0 Å². The molecule has 58 heavy (non-hydrogen) atoms. The number of para-hydroxylation sites is 2. The number of aromatic nitrogens is 1. The summed E-state index contributed by atoms with van der Waals surface area (Å²) in [6.07, 6.45) is 5.93. The lowest BCUT2D eigenvalue weighted by atomic mass is 10.0. The summed E-state index contributed by atoms with van der Waals surface area (Å²) in [5.41, 5.74) is 15.5. The van der Waals surface area contributed by atoms with Gasteiger partial charge in [0.15, 0.2) is 5.58 Å². The van der Waals surface area contributed by atoms with Crippen LogP contribution in [-0.4, -0.2) is 4.57 Å². The maximum Gasteiger partial charge on any atom is 0.159 e. The third-order valence-corrected chi connectivity index (χ3v) is 11.1. The maximum atomic E-state index is 6.57. The molecule has 2 heterocycles. The Kier molecular flexibility index (Phi) is 8.89. The second kappa shape index (κ2) is 14.8. The molecule has 10 aromatic rings. The number of allylic oxidation sites excluding steroid dienone is 1. The Morgan fingerprint density at radius 2 is 1.00 bits per heavy atom. The zero-order valence-electron chi connectivity index (χ0n) is 32.2. The minimum Gasteiger partial charge on any atom is -0.454 e. The van der Waals surface area contributed by atoms with Crippen molar-refractivity contribution < 1.29 is 4.42 Å². The van der Waals surface area contributed by atoms with E-state index >= 15 is 0 Å². The van der Waals surface area contributed by atoms with Gasteiger partial charge in [0.25, 0.3) is 0 Å². The van der Waals surface area contributed by atoms with Gasteiger partial charge in [0.1, 0.15) is 5.76 Å². The van der Waals surface area contributed by atoms with Crippen LogP contribution in [0.4, 0.5) is 17.1 Å². The summed E-state index contributed by atoms with van der Waals surface area (Å²) in [4.78, 5) is 2.29. The summed E-state index contributed by atoms with van der Waals surface area (Å²) in [7, 11) is 0. The number of fused-ring (bicyclic) bond motifs is 4. The van der Waals surface area contributed by atoms with E-state index in [0.29, 0.717) is 0 Å². The van der Waals surface area contributed by atoms with Crippen molar-refractivity contribution in [1.82, 2.24) is 4.57 Å². The molecule has 0 saturated carbocycles. The van der Waals surface area contributed by atoms with Crippen molar-refractivity contribution in [2.75, 3.05) is 4.90 Å². The van der Waals surface area contributed by atoms with E-state index in [1.54, 1.807) is 6.08 Å². The molecule has 0 aliphatic rings. The maximum absolute atomic E-state index is 6.57. The zero-order valence-corrected chi connectivity index (χ0v) is 32.2. The van der Waals surface area contributed by atoms with Crippen LogP contribution in [0.2, 0.25) is 0 Å². The molecule has 0 saturated heterocycles. The molecule has 0 fully saturated rings. The van der Waals surface area contributed by atoms with Crippen molar-refractivity contribution in [1.29, 1.82) is 0 Å². The Hall–Kier alpha value is -7.62. The van der Waals surface area contributed by atoms with Crippen molar-refractivity contribution >= 4 is 62.0 Å². The highest BCUT2D eigenvalue weighted by atomic mass is 16.3. The summed E-state index contributed by atoms with van der Waals surface area (Å²) in [6, 6.07) is 69.5. The average Bonchev–Trinajstić information content (AvgIpc) is 3.83. The number of hydrogen-bond acceptors (Lipinski definition) is 2. The normalized spacial score (nSPS) is 11.5. The highest BCUT2D eigenvalue weighted by Gasteiger charge is 2.21. The average molecular weight is 745 g/mol. The van der Waals surface area contributed by atoms with Crippen LogP contribution < -0.4 is 4.90 Å². The van der Waals surface area contributed by atoms with E-state index in [4.69, 9.17) is 4.42 Å². The second-order valence-corrected chi connectivity index (χ2v) is 14.5. The van der Waals surface area contributed by atoms with E-state index in [-0.39, 0.29) is 0 Å². The van der Waals surface area contributed by atoms with Gasteiger partial charge in [-0.2, -0.15) is 0 Å². The molecule has 0 bridgehead atoms. The number of benzene rings is 8. The first-order valence-electron chi connectivity index (χ1n) is 19.7. The third kappa shape index (κ3) is 6.10. The summed E-state index contributed by atoms with van der Waals surface area (Å²) < 4.78 is 8.94. The van der Waals surface area contributed by atoms with Crippen molar-refractivity contribution in [3.8, 4) is 39.1 Å². The number of anilines is 3. The van der Waals surface area contributed by atoms with Crippen LogP contribution >= 0.6 is 0 Å². The lowest BCUT2D eigenvalue weighted by molar-refractivity contribution is 0.604. The standard InChI is InChI=1S/C55H40N2O/c1-3-14-48-49-20-13-22-53(55(49)58-54(48)4-2)56(44-30-23-40(24-31-44)38-15-7-5-8-16-38)45-32-27-42(28-33-45)43-29-36-52-50(37-43)47-19-11-12-21-51(47)57(52)46-34-25-41(26-35-46)39-17-9-6-10-18-39/h3-37H,2H2,1H3/b14-3-. The van der Waals surface area contributed by atoms with Gasteiger partial charge in [-0.1, -0.05) is 152 Å². The van der Waals surface area contributed by atoms with Crippen LogP contribution in [-0.2, 0) is 0 Å². The van der Waals surface area contributed by atoms with Crippen LogP contribution in [0.15, 0.2) is 211 Å². The van der Waals surface area contributed by atoms with Gasteiger partial charge in [0, 0.05) is 38.8 Å². The molecule has 0 radical (unpaired) electrons. The lowest BCUT2D eigenvalue weighted by Crippen LogP contribution is -2.10. The van der Waals surface area contributed by atoms with Gasteiger partial charge >= 0.3 is 0 Å². The van der Waals surface area contributed by atoms with Gasteiger partial charge in [-0.05, 0) is 107 Å². The van der Waals surface area contributed by atoms with Crippen LogP contribution in [0, 0.1) is 0 Å². The molecule has 0 spiro atoms. The van der Waals surface area contributed by atoms with Gasteiger partial charge in [0.05, 0.1) is 16.7 Å². The fourth-order valence-electron chi connectivity index (χ4n) is 8.34. The first kappa shape index (κ1) is 34.8. The minimum atomic E-state index is 0.760. The van der Waals surface area contributed by atoms with E-state index in [0.717, 1.165) is 50.6 Å². The molecular formula is C55H40N2O. The minimum absolute atomic E-state index is 0.760. The fourth-order valence-corrected chi connectivity index (χ4v) is 8.34. The molecule has 0 atom stereocenters. The monoisotopic (exact) mass is 744 g/mol. The van der Waals surface area contributed by atoms with Crippen molar-refractivity contribution in [3.05, 3.63) is 218 Å². The van der Waals surface area contributed by atoms with Crippen LogP contribution in [0.3, 0.4) is 0 Å². The van der Waals surface area contributed by atoms with Gasteiger partial charge in [-0.25, -0.2) is 0 Å². The summed E-state index contributed by atoms with van der Waals surface area (Å²) in [5, 5.41) is 3.51. The first-order chi connectivity index (χ1) is 28.7. The number of furan rings is 1. The predicted molar refractivity (Wildman–Crippen MR) is 246 cm³/mol. The molecule has 10 rings (SSSR count). The molecule has 0 unspecified atom stereocenters. The largest absolute Gasteiger partial charge is 0.454 e. The van der Waals surface area contributed by atoms with Crippen molar-refractivity contribution in [2.45, 2.75) is 6.92 Å². The molecule has 0 amide bonds. The Morgan fingerprint density at radius 3 is 1.62 bits per heavy atom. The molecule has 0 aliphatic heterocycles. The van der Waals surface area contributed by atoms with Crippen molar-refractivity contribution in [2.24, 2.45) is 0 Å². The van der Waals surface area contributed by atoms with Crippen LogP contribution in [0.5, 0.6) is 0 Å². The molecular weight excluding hydrogens is 705 g/mol. The molecule has 8 aromatic carbocycles. The summed E-state index contributed by atoms with van der Waals surface area (Å²) in [6.45, 7) is 6.09. The molecule has 276 valence electrons. The van der Waals surface area contributed by atoms with E-state index in [9.17, 15) is 0 Å². The van der Waals surface area contributed by atoms with Crippen molar-refractivity contribution in [3.63, 3.8) is 0 Å². The molecule has 0 N–H and O–H groups in total. The Labute approximate surface area is 338 Å². The van der Waals surface area contributed by atoms with E-state index in [1.807, 2.05) is 13.0 Å². The quantitative estimate of drug-likeness (QED) is 0.147. The van der Waals surface area contributed by atoms with Crippen LogP contribution in [0.25, 0.3) is 84.0 Å². The SMILES string of the molecule is C=Cc1oc2c(N(c3ccc(-c4ccccc4)cc3)c3ccc(-c4ccc5c(c4)c4ccccc4n5-c4ccc(-c5ccccc5)cc4)cc3)cccc2c1/C=C\C. The third-order valence-electron chi connectivity index (χ3n) is 11.1. The fraction of sp³-hybridized carbons (Fsp3) is 0.0182.